The van der Waals surface area contributed by atoms with Crippen LogP contribution in [-0.4, -0.2) is 20.1 Å². The summed E-state index contributed by atoms with van der Waals surface area (Å²) in [5.41, 5.74) is 2.86. The second-order valence-corrected chi connectivity index (χ2v) is 7.80. The highest BCUT2D eigenvalue weighted by atomic mass is 35.5. The smallest absolute Gasteiger partial charge is 0.275 e. The molecule has 3 aromatic rings. The van der Waals surface area contributed by atoms with Crippen molar-refractivity contribution >= 4 is 40.5 Å². The molecule has 3 aromatic carbocycles. The Hall–Kier alpha value is -3.15. The minimum Gasteiger partial charge on any atom is -0.493 e. The minimum atomic E-state index is -0.344. The molecule has 0 unspecified atom stereocenters. The van der Waals surface area contributed by atoms with E-state index in [-0.39, 0.29) is 11.9 Å². The summed E-state index contributed by atoms with van der Waals surface area (Å²) in [6, 6.07) is 19.7. The lowest BCUT2D eigenvalue weighted by atomic mass is 10.1. The van der Waals surface area contributed by atoms with Gasteiger partial charge in [-0.3, -0.25) is 9.69 Å². The number of carbonyl (C=O) groups is 1. The molecule has 0 aromatic heterocycles. The Balaban J connectivity index is 1.75. The van der Waals surface area contributed by atoms with Crippen LogP contribution in [0.25, 0.3) is 0 Å². The summed E-state index contributed by atoms with van der Waals surface area (Å²) in [7, 11) is 3.17. The molecule has 1 amide bonds. The number of anilines is 2. The molecule has 31 heavy (non-hydrogen) atoms. The van der Waals surface area contributed by atoms with Crippen molar-refractivity contribution in [3.05, 3.63) is 94.1 Å². The topological polar surface area (TPSA) is 50.8 Å². The zero-order chi connectivity index (χ0) is 22.0. The molecule has 1 N–H and O–H groups in total. The summed E-state index contributed by atoms with van der Waals surface area (Å²) >= 11 is 12.0. The standard InChI is InChI=1S/C24H20Cl2N2O3/c1-30-22-12-3-15(13-23(22)31-2)21-14-20(27-18-8-4-16(25)5-9-18)24(29)28(21)19-10-6-17(26)7-11-19/h3-14,21,27H,1-2H3/t21-/m1/s1. The number of methoxy groups -OCH3 is 2. The maximum atomic E-state index is 13.4. The maximum Gasteiger partial charge on any atom is 0.275 e. The fourth-order valence-electron chi connectivity index (χ4n) is 3.51. The Kier molecular flexibility index (Phi) is 6.07. The van der Waals surface area contributed by atoms with E-state index in [4.69, 9.17) is 32.7 Å². The van der Waals surface area contributed by atoms with E-state index in [2.05, 4.69) is 5.32 Å². The van der Waals surface area contributed by atoms with Gasteiger partial charge >= 0.3 is 0 Å². The lowest BCUT2D eigenvalue weighted by molar-refractivity contribution is -0.114. The summed E-state index contributed by atoms with van der Waals surface area (Å²) in [6.07, 6.45) is 1.90. The van der Waals surface area contributed by atoms with Gasteiger partial charge in [-0.15, -0.1) is 0 Å². The molecule has 1 aliphatic rings. The monoisotopic (exact) mass is 454 g/mol. The summed E-state index contributed by atoms with van der Waals surface area (Å²) in [6.45, 7) is 0. The average molecular weight is 455 g/mol. The van der Waals surface area contributed by atoms with Gasteiger partial charge in [0.05, 0.1) is 20.3 Å². The third-order valence-electron chi connectivity index (χ3n) is 5.03. The Bertz CT molecular complexity index is 1130. The summed E-state index contributed by atoms with van der Waals surface area (Å²) < 4.78 is 10.8. The van der Waals surface area contributed by atoms with Crippen LogP contribution in [0.1, 0.15) is 11.6 Å². The normalized spacial score (nSPS) is 15.6. The van der Waals surface area contributed by atoms with Crippen molar-refractivity contribution < 1.29 is 14.3 Å². The minimum absolute atomic E-state index is 0.156. The number of ether oxygens (including phenoxy) is 2. The predicted molar refractivity (Wildman–Crippen MR) is 124 cm³/mol. The van der Waals surface area contributed by atoms with Gasteiger partial charge in [-0.25, -0.2) is 0 Å². The summed E-state index contributed by atoms with van der Waals surface area (Å²) in [4.78, 5) is 15.1. The van der Waals surface area contributed by atoms with Crippen molar-refractivity contribution in [3.63, 3.8) is 0 Å². The molecule has 7 heteroatoms. The van der Waals surface area contributed by atoms with Gasteiger partial charge in [0.25, 0.3) is 5.91 Å². The van der Waals surface area contributed by atoms with Crippen LogP contribution >= 0.6 is 23.2 Å². The highest BCUT2D eigenvalue weighted by Gasteiger charge is 2.35. The van der Waals surface area contributed by atoms with Gasteiger partial charge < -0.3 is 14.8 Å². The van der Waals surface area contributed by atoms with E-state index >= 15 is 0 Å². The summed E-state index contributed by atoms with van der Waals surface area (Å²) in [5.74, 6) is 1.06. The van der Waals surface area contributed by atoms with E-state index in [1.165, 1.54) is 0 Å². The molecule has 1 heterocycles. The molecule has 0 spiro atoms. The van der Waals surface area contributed by atoms with E-state index in [0.717, 1.165) is 16.9 Å². The lowest BCUT2D eigenvalue weighted by Gasteiger charge is -2.26. The zero-order valence-electron chi connectivity index (χ0n) is 16.9. The largest absolute Gasteiger partial charge is 0.493 e. The Labute approximate surface area is 190 Å². The third kappa shape index (κ3) is 4.33. The van der Waals surface area contributed by atoms with E-state index in [1.54, 1.807) is 43.4 Å². The fourth-order valence-corrected chi connectivity index (χ4v) is 3.76. The van der Waals surface area contributed by atoms with Gasteiger partial charge in [-0.2, -0.15) is 0 Å². The Morgan fingerprint density at radius 3 is 2.06 bits per heavy atom. The van der Waals surface area contributed by atoms with Crippen molar-refractivity contribution in [2.24, 2.45) is 0 Å². The van der Waals surface area contributed by atoms with Crippen LogP contribution < -0.4 is 19.7 Å². The fraction of sp³-hybridized carbons (Fsp3) is 0.125. The first-order valence-electron chi connectivity index (χ1n) is 9.55. The number of carbonyl (C=O) groups excluding carboxylic acids is 1. The van der Waals surface area contributed by atoms with E-state index in [1.807, 2.05) is 48.5 Å². The number of amides is 1. The molecule has 0 radical (unpaired) electrons. The molecule has 0 aliphatic carbocycles. The van der Waals surface area contributed by atoms with Crippen LogP contribution in [-0.2, 0) is 4.79 Å². The Morgan fingerprint density at radius 1 is 0.839 bits per heavy atom. The van der Waals surface area contributed by atoms with Crippen LogP contribution in [0.4, 0.5) is 11.4 Å². The van der Waals surface area contributed by atoms with Crippen molar-refractivity contribution in [3.8, 4) is 11.5 Å². The van der Waals surface area contributed by atoms with Gasteiger partial charge in [-0.05, 0) is 72.3 Å². The molecule has 0 saturated carbocycles. The highest BCUT2D eigenvalue weighted by Crippen LogP contribution is 2.39. The van der Waals surface area contributed by atoms with Gasteiger partial charge in [0, 0.05) is 21.4 Å². The number of nitrogens with zero attached hydrogens (tertiary/aromatic N) is 1. The van der Waals surface area contributed by atoms with Gasteiger partial charge in [0.1, 0.15) is 5.70 Å². The SMILES string of the molecule is COc1ccc([C@H]2C=C(Nc3ccc(Cl)cc3)C(=O)N2c2ccc(Cl)cc2)cc1OC. The quantitative estimate of drug-likeness (QED) is 0.489. The first-order valence-corrected chi connectivity index (χ1v) is 10.3. The van der Waals surface area contributed by atoms with Crippen molar-refractivity contribution in [1.82, 2.24) is 0 Å². The third-order valence-corrected chi connectivity index (χ3v) is 5.53. The lowest BCUT2D eigenvalue weighted by Crippen LogP contribution is -2.30. The number of benzene rings is 3. The Morgan fingerprint density at radius 2 is 1.45 bits per heavy atom. The second kappa shape index (κ2) is 8.92. The number of hydrogen-bond acceptors (Lipinski definition) is 4. The predicted octanol–water partition coefficient (Wildman–Crippen LogP) is 6.09. The first kappa shape index (κ1) is 21.1. The molecular weight excluding hydrogens is 435 g/mol. The van der Waals surface area contributed by atoms with E-state index in [9.17, 15) is 4.79 Å². The zero-order valence-corrected chi connectivity index (χ0v) is 18.4. The number of nitrogens with one attached hydrogen (secondary N) is 1. The number of hydrogen-bond donors (Lipinski definition) is 1. The van der Waals surface area contributed by atoms with Crippen LogP contribution in [0.15, 0.2) is 78.5 Å². The van der Waals surface area contributed by atoms with Crippen LogP contribution in [0.2, 0.25) is 10.0 Å². The molecule has 1 aliphatic heterocycles. The summed E-state index contributed by atoms with van der Waals surface area (Å²) in [5, 5.41) is 4.44. The van der Waals surface area contributed by atoms with Crippen LogP contribution in [0.5, 0.6) is 11.5 Å². The average Bonchev–Trinajstić information content (AvgIpc) is 3.11. The van der Waals surface area contributed by atoms with E-state index in [0.29, 0.717) is 27.2 Å². The number of rotatable bonds is 6. The highest BCUT2D eigenvalue weighted by molar-refractivity contribution is 6.31. The van der Waals surface area contributed by atoms with Crippen LogP contribution in [0.3, 0.4) is 0 Å². The second-order valence-electron chi connectivity index (χ2n) is 6.92. The van der Waals surface area contributed by atoms with E-state index < -0.39 is 0 Å². The molecule has 5 nitrogen and oxygen atoms in total. The first-order chi connectivity index (χ1) is 15.0. The maximum absolute atomic E-state index is 13.4. The molecule has 1 atom stereocenters. The molecule has 4 rings (SSSR count). The molecule has 158 valence electrons. The molecule has 0 saturated heterocycles. The van der Waals surface area contributed by atoms with Gasteiger partial charge in [0.2, 0.25) is 0 Å². The van der Waals surface area contributed by atoms with Gasteiger partial charge in [-0.1, -0.05) is 29.3 Å². The number of halogens is 2. The van der Waals surface area contributed by atoms with Crippen molar-refractivity contribution in [2.45, 2.75) is 6.04 Å². The van der Waals surface area contributed by atoms with Gasteiger partial charge in [0.15, 0.2) is 11.5 Å². The molecule has 0 bridgehead atoms. The van der Waals surface area contributed by atoms with Crippen LogP contribution in [0, 0.1) is 0 Å². The molecule has 0 fully saturated rings. The molecular formula is C24H20Cl2N2O3. The van der Waals surface area contributed by atoms with Crippen molar-refractivity contribution in [2.75, 3.05) is 24.4 Å². The van der Waals surface area contributed by atoms with Crippen molar-refractivity contribution in [1.29, 1.82) is 0 Å².